The van der Waals surface area contributed by atoms with Gasteiger partial charge >= 0.3 is 0 Å². The molecule has 4 aromatic rings. The number of nitrogens with zero attached hydrogens (tertiary/aromatic N) is 1. The summed E-state index contributed by atoms with van der Waals surface area (Å²) in [6.45, 7) is 0.368. The molecule has 0 bridgehead atoms. The van der Waals surface area contributed by atoms with Crippen LogP contribution in [0.2, 0.25) is 0 Å². The fourth-order valence-electron chi connectivity index (χ4n) is 3.15. The van der Waals surface area contributed by atoms with Gasteiger partial charge in [-0.3, -0.25) is 9.52 Å². The molecule has 1 aromatic heterocycles. The van der Waals surface area contributed by atoms with Gasteiger partial charge in [-0.25, -0.2) is 13.4 Å². The third kappa shape index (κ3) is 5.60. The number of hydrogen-bond acceptors (Lipinski definition) is 5. The van der Waals surface area contributed by atoms with E-state index in [-0.39, 0.29) is 5.91 Å². The summed E-state index contributed by atoms with van der Waals surface area (Å²) in [4.78, 5) is 17.2. The van der Waals surface area contributed by atoms with Gasteiger partial charge in [-0.1, -0.05) is 48.5 Å². The number of carbonyl (C=O) groups excluding carboxylic acids is 1. The van der Waals surface area contributed by atoms with Crippen LogP contribution in [-0.2, 0) is 16.6 Å². The minimum Gasteiger partial charge on any atom is -0.348 e. The number of thiazole rings is 1. The molecule has 0 fully saturated rings. The first-order valence-electron chi connectivity index (χ1n) is 9.84. The van der Waals surface area contributed by atoms with Crippen LogP contribution >= 0.6 is 11.3 Å². The van der Waals surface area contributed by atoms with Gasteiger partial charge in [0.2, 0.25) is 10.0 Å². The highest BCUT2D eigenvalue weighted by Gasteiger charge is 2.09. The average Bonchev–Trinajstić information content (AvgIpc) is 3.28. The summed E-state index contributed by atoms with van der Waals surface area (Å²) >= 11 is 1.59. The average molecular weight is 464 g/mol. The highest BCUT2D eigenvalue weighted by Crippen LogP contribution is 2.29. The zero-order chi connectivity index (χ0) is 22.6. The predicted molar refractivity (Wildman–Crippen MR) is 129 cm³/mol. The van der Waals surface area contributed by atoms with Crippen molar-refractivity contribution >= 4 is 33.0 Å². The van der Waals surface area contributed by atoms with Crippen molar-refractivity contribution < 1.29 is 13.2 Å². The van der Waals surface area contributed by atoms with Crippen LogP contribution < -0.4 is 10.0 Å². The molecule has 32 heavy (non-hydrogen) atoms. The number of amides is 1. The molecule has 6 nitrogen and oxygen atoms in total. The van der Waals surface area contributed by atoms with Gasteiger partial charge in [-0.05, 0) is 35.9 Å². The maximum atomic E-state index is 12.5. The number of benzene rings is 3. The minimum atomic E-state index is -3.35. The Labute approximate surface area is 191 Å². The first-order valence-corrected chi connectivity index (χ1v) is 12.6. The molecule has 162 valence electrons. The van der Waals surface area contributed by atoms with Crippen LogP contribution in [-0.4, -0.2) is 25.6 Å². The van der Waals surface area contributed by atoms with Crippen LogP contribution in [0.15, 0.2) is 84.2 Å². The fraction of sp³-hybridized carbons (Fsp3) is 0.0833. The van der Waals surface area contributed by atoms with E-state index >= 15 is 0 Å². The van der Waals surface area contributed by atoms with Crippen LogP contribution in [0.3, 0.4) is 0 Å². The van der Waals surface area contributed by atoms with Gasteiger partial charge < -0.3 is 5.32 Å². The number of nitrogens with one attached hydrogen (secondary N) is 2. The van der Waals surface area contributed by atoms with Gasteiger partial charge in [-0.2, -0.15) is 0 Å². The Kier molecular flexibility index (Phi) is 6.34. The van der Waals surface area contributed by atoms with Crippen molar-refractivity contribution in [3.8, 4) is 21.8 Å². The van der Waals surface area contributed by atoms with Crippen molar-refractivity contribution in [1.82, 2.24) is 10.3 Å². The Morgan fingerprint density at radius 3 is 2.38 bits per heavy atom. The number of carbonyl (C=O) groups is 1. The summed E-state index contributed by atoms with van der Waals surface area (Å²) in [5, 5.41) is 5.86. The Morgan fingerprint density at radius 2 is 1.66 bits per heavy atom. The van der Waals surface area contributed by atoms with Gasteiger partial charge in [0.15, 0.2) is 0 Å². The number of aromatic nitrogens is 1. The molecule has 0 aliphatic heterocycles. The number of hydrogen-bond donors (Lipinski definition) is 2. The number of sulfonamides is 1. The SMILES string of the molecule is CS(=O)(=O)Nc1ccc(C(=O)NCc2cccc(-c3nc(-c4ccccc4)cs3)c2)cc1. The van der Waals surface area contributed by atoms with Gasteiger partial charge in [0, 0.05) is 34.3 Å². The second-order valence-electron chi connectivity index (χ2n) is 7.24. The highest BCUT2D eigenvalue weighted by molar-refractivity contribution is 7.92. The summed E-state index contributed by atoms with van der Waals surface area (Å²) in [6, 6.07) is 24.3. The molecule has 0 spiro atoms. The summed E-state index contributed by atoms with van der Waals surface area (Å²) in [5.41, 5.74) is 4.85. The molecule has 0 radical (unpaired) electrons. The molecular formula is C24H21N3O3S2. The van der Waals surface area contributed by atoms with E-state index in [2.05, 4.69) is 10.0 Å². The van der Waals surface area contributed by atoms with Crippen molar-refractivity contribution in [3.63, 3.8) is 0 Å². The fourth-order valence-corrected chi connectivity index (χ4v) is 4.54. The Morgan fingerprint density at radius 1 is 0.938 bits per heavy atom. The van der Waals surface area contributed by atoms with E-state index < -0.39 is 10.0 Å². The molecule has 0 atom stereocenters. The van der Waals surface area contributed by atoms with Crippen LogP contribution in [0.25, 0.3) is 21.8 Å². The van der Waals surface area contributed by atoms with E-state index in [0.29, 0.717) is 17.8 Å². The topological polar surface area (TPSA) is 88.2 Å². The standard InChI is InChI=1S/C24H21N3O3S2/c1-32(29,30)27-21-12-10-19(11-13-21)23(28)25-15-17-6-5-9-20(14-17)24-26-22(16-31-24)18-7-3-2-4-8-18/h2-14,16,27H,15H2,1H3,(H,25,28). The largest absolute Gasteiger partial charge is 0.348 e. The molecule has 4 rings (SSSR count). The smallest absolute Gasteiger partial charge is 0.251 e. The molecule has 1 amide bonds. The summed E-state index contributed by atoms with van der Waals surface area (Å²) < 4.78 is 25.0. The Hall–Kier alpha value is -3.49. The van der Waals surface area contributed by atoms with Crippen molar-refractivity contribution in [1.29, 1.82) is 0 Å². The third-order valence-corrected chi connectivity index (χ3v) is 6.15. The van der Waals surface area contributed by atoms with Gasteiger partial charge in [-0.15, -0.1) is 11.3 Å². The number of rotatable bonds is 7. The molecule has 0 aliphatic carbocycles. The second kappa shape index (κ2) is 9.33. The van der Waals surface area contributed by atoms with E-state index in [0.717, 1.165) is 33.6 Å². The van der Waals surface area contributed by atoms with E-state index in [9.17, 15) is 13.2 Å². The minimum absolute atomic E-state index is 0.234. The molecule has 0 saturated carbocycles. The highest BCUT2D eigenvalue weighted by atomic mass is 32.2. The Bertz CT molecular complexity index is 1330. The van der Waals surface area contributed by atoms with Gasteiger partial charge in [0.25, 0.3) is 5.91 Å². The number of anilines is 1. The quantitative estimate of drug-likeness (QED) is 0.413. The van der Waals surface area contributed by atoms with Crippen molar-refractivity contribution in [3.05, 3.63) is 95.4 Å². The lowest BCUT2D eigenvalue weighted by molar-refractivity contribution is 0.0951. The van der Waals surface area contributed by atoms with Crippen molar-refractivity contribution in [2.24, 2.45) is 0 Å². The monoisotopic (exact) mass is 463 g/mol. The third-order valence-electron chi connectivity index (χ3n) is 4.65. The van der Waals surface area contributed by atoms with Crippen LogP contribution in [0.5, 0.6) is 0 Å². The Balaban J connectivity index is 1.41. The molecule has 0 aliphatic rings. The van der Waals surface area contributed by atoms with Crippen LogP contribution in [0.4, 0.5) is 5.69 Å². The second-order valence-corrected chi connectivity index (χ2v) is 9.85. The molecule has 0 unspecified atom stereocenters. The summed E-state index contributed by atoms with van der Waals surface area (Å²) in [6.07, 6.45) is 1.08. The lowest BCUT2D eigenvalue weighted by Gasteiger charge is -2.08. The molecule has 3 aromatic carbocycles. The van der Waals surface area contributed by atoms with Gasteiger partial charge in [0.05, 0.1) is 11.9 Å². The van der Waals surface area contributed by atoms with Crippen LogP contribution in [0.1, 0.15) is 15.9 Å². The molecule has 0 saturated heterocycles. The first kappa shape index (κ1) is 21.7. The summed E-state index contributed by atoms with van der Waals surface area (Å²) in [7, 11) is -3.35. The van der Waals surface area contributed by atoms with E-state index in [1.54, 1.807) is 35.6 Å². The van der Waals surface area contributed by atoms with Crippen LogP contribution in [0, 0.1) is 0 Å². The maximum Gasteiger partial charge on any atom is 0.251 e. The van der Waals surface area contributed by atoms with Gasteiger partial charge in [0.1, 0.15) is 5.01 Å². The zero-order valence-corrected chi connectivity index (χ0v) is 18.9. The lowest BCUT2D eigenvalue weighted by Crippen LogP contribution is -2.22. The van der Waals surface area contributed by atoms with E-state index in [1.807, 2.05) is 60.0 Å². The van der Waals surface area contributed by atoms with Crippen molar-refractivity contribution in [2.75, 3.05) is 11.0 Å². The predicted octanol–water partition coefficient (Wildman–Crippen LogP) is 4.78. The normalized spacial score (nSPS) is 11.2. The first-order chi connectivity index (χ1) is 15.4. The molecule has 1 heterocycles. The lowest BCUT2D eigenvalue weighted by atomic mass is 10.1. The van der Waals surface area contributed by atoms with E-state index in [4.69, 9.17) is 4.98 Å². The van der Waals surface area contributed by atoms with Crippen molar-refractivity contribution in [2.45, 2.75) is 6.54 Å². The molecule has 2 N–H and O–H groups in total. The molecule has 8 heteroatoms. The zero-order valence-electron chi connectivity index (χ0n) is 17.3. The van der Waals surface area contributed by atoms with E-state index in [1.165, 1.54) is 0 Å². The molecular weight excluding hydrogens is 442 g/mol. The maximum absolute atomic E-state index is 12.5. The summed E-state index contributed by atoms with van der Waals surface area (Å²) in [5.74, 6) is -0.234.